The predicted molar refractivity (Wildman–Crippen MR) is 113 cm³/mol. The molecule has 8 nitrogen and oxygen atoms in total. The lowest BCUT2D eigenvalue weighted by molar-refractivity contribution is 0.102. The van der Waals surface area contributed by atoms with Crippen LogP contribution in [0.1, 0.15) is 33.4 Å². The van der Waals surface area contributed by atoms with E-state index in [2.05, 4.69) is 32.4 Å². The topological polar surface area (TPSA) is 88.6 Å². The fourth-order valence-corrected chi connectivity index (χ4v) is 3.71. The maximum atomic E-state index is 12.9. The highest BCUT2D eigenvalue weighted by molar-refractivity contribution is 6.04. The second kappa shape index (κ2) is 7.07. The zero-order valence-electron chi connectivity index (χ0n) is 17.1. The predicted octanol–water partition coefficient (Wildman–Crippen LogP) is 3.28. The second-order valence-corrected chi connectivity index (χ2v) is 7.94. The first-order valence-electron chi connectivity index (χ1n) is 9.86. The van der Waals surface area contributed by atoms with E-state index in [1.807, 2.05) is 50.4 Å². The molecular formula is C22H22N6O2. The molecule has 4 aromatic rings. The first-order valence-corrected chi connectivity index (χ1v) is 9.86. The molecule has 1 aliphatic rings. The van der Waals surface area contributed by atoms with Gasteiger partial charge in [-0.2, -0.15) is 4.98 Å². The monoisotopic (exact) mass is 402 g/mol. The summed E-state index contributed by atoms with van der Waals surface area (Å²) in [4.78, 5) is 24.0. The van der Waals surface area contributed by atoms with Crippen molar-refractivity contribution in [2.45, 2.75) is 19.8 Å². The lowest BCUT2D eigenvalue weighted by Gasteiger charge is -2.33. The van der Waals surface area contributed by atoms with Gasteiger partial charge in [-0.3, -0.25) is 9.20 Å². The number of benzene rings is 1. The molecule has 0 atom stereocenters. The van der Waals surface area contributed by atoms with Crippen molar-refractivity contribution >= 4 is 17.2 Å². The molecule has 0 unspecified atom stereocenters. The summed E-state index contributed by atoms with van der Waals surface area (Å²) in [7, 11) is 2.06. The highest BCUT2D eigenvalue weighted by Gasteiger charge is 2.30. The van der Waals surface area contributed by atoms with Crippen LogP contribution >= 0.6 is 0 Å². The number of anilines is 1. The van der Waals surface area contributed by atoms with E-state index in [9.17, 15) is 4.79 Å². The van der Waals surface area contributed by atoms with Gasteiger partial charge in [0, 0.05) is 30.5 Å². The number of carbonyl (C=O) groups is 1. The molecule has 0 radical (unpaired) electrons. The number of nitrogens with zero attached hydrogens (tertiary/aromatic N) is 5. The van der Waals surface area contributed by atoms with E-state index in [0.717, 1.165) is 35.4 Å². The van der Waals surface area contributed by atoms with Crippen LogP contribution in [-0.4, -0.2) is 50.5 Å². The first kappa shape index (κ1) is 18.5. The summed E-state index contributed by atoms with van der Waals surface area (Å²) in [5.41, 5.74) is 4.72. The molecular weight excluding hydrogens is 380 g/mol. The number of likely N-dealkylation sites (tertiary alicyclic amines) is 1. The molecule has 0 aliphatic carbocycles. The van der Waals surface area contributed by atoms with Gasteiger partial charge in [0.2, 0.25) is 11.7 Å². The van der Waals surface area contributed by atoms with E-state index < -0.39 is 0 Å². The molecule has 0 saturated carbocycles. The molecule has 1 amide bonds. The molecule has 1 saturated heterocycles. The number of fused-ring (bicyclic) bond motifs is 1. The normalized spacial score (nSPS) is 14.8. The van der Waals surface area contributed by atoms with Crippen LogP contribution in [0.15, 0.2) is 47.2 Å². The SMILES string of the molecule is Cc1ccc2ncc(C(=O)Nc3cc(-c4noc(C5CN(C)C5)n4)ccc3C)n2c1. The van der Waals surface area contributed by atoms with Gasteiger partial charge in [-0.1, -0.05) is 23.4 Å². The third-order valence-electron chi connectivity index (χ3n) is 5.49. The minimum absolute atomic E-state index is 0.223. The Morgan fingerprint density at radius 1 is 1.20 bits per heavy atom. The van der Waals surface area contributed by atoms with Gasteiger partial charge in [0.05, 0.1) is 12.1 Å². The van der Waals surface area contributed by atoms with Crippen LogP contribution in [0, 0.1) is 13.8 Å². The van der Waals surface area contributed by atoms with Crippen LogP contribution < -0.4 is 5.32 Å². The van der Waals surface area contributed by atoms with Crippen LogP contribution in [0.3, 0.4) is 0 Å². The zero-order valence-corrected chi connectivity index (χ0v) is 17.1. The quantitative estimate of drug-likeness (QED) is 0.564. The summed E-state index contributed by atoms with van der Waals surface area (Å²) < 4.78 is 7.25. The fraction of sp³-hybridized carbons (Fsp3) is 0.273. The number of amides is 1. The van der Waals surface area contributed by atoms with Crippen LogP contribution in [0.2, 0.25) is 0 Å². The molecule has 30 heavy (non-hydrogen) atoms. The van der Waals surface area contributed by atoms with E-state index in [4.69, 9.17) is 4.52 Å². The summed E-state index contributed by atoms with van der Waals surface area (Å²) in [6, 6.07) is 9.62. The van der Waals surface area contributed by atoms with Crippen molar-refractivity contribution in [1.82, 2.24) is 24.4 Å². The Balaban J connectivity index is 1.41. The Labute approximate surface area is 173 Å². The summed E-state index contributed by atoms with van der Waals surface area (Å²) >= 11 is 0. The number of hydrogen-bond acceptors (Lipinski definition) is 6. The van der Waals surface area contributed by atoms with Gasteiger partial charge >= 0.3 is 0 Å². The first-order chi connectivity index (χ1) is 14.5. The highest BCUT2D eigenvalue weighted by Crippen LogP contribution is 2.28. The van der Waals surface area contributed by atoms with Gasteiger partial charge in [-0.25, -0.2) is 4.98 Å². The lowest BCUT2D eigenvalue weighted by Crippen LogP contribution is -2.41. The van der Waals surface area contributed by atoms with Gasteiger partial charge < -0.3 is 14.7 Å². The number of rotatable bonds is 4. The highest BCUT2D eigenvalue weighted by atomic mass is 16.5. The van der Waals surface area contributed by atoms with Crippen LogP contribution in [0.25, 0.3) is 17.0 Å². The van der Waals surface area contributed by atoms with E-state index >= 15 is 0 Å². The standard InChI is InChI=1S/C22H22N6O2/c1-13-4-7-19-23-9-18(28(19)10-13)21(29)24-17-8-15(6-5-14(17)2)20-25-22(30-26-20)16-11-27(3)12-16/h4-10,16H,11-12H2,1-3H3,(H,24,29). The number of pyridine rings is 1. The molecule has 0 spiro atoms. The molecule has 4 heterocycles. The Kier molecular flexibility index (Phi) is 4.36. The number of hydrogen-bond donors (Lipinski definition) is 1. The van der Waals surface area contributed by atoms with E-state index in [0.29, 0.717) is 29.0 Å². The third kappa shape index (κ3) is 3.25. The maximum Gasteiger partial charge on any atom is 0.274 e. The Hall–Kier alpha value is -3.52. The third-order valence-corrected chi connectivity index (χ3v) is 5.49. The van der Waals surface area contributed by atoms with Crippen molar-refractivity contribution < 1.29 is 9.32 Å². The molecule has 3 aromatic heterocycles. The number of carbonyl (C=O) groups excluding carboxylic acids is 1. The Morgan fingerprint density at radius 2 is 2.03 bits per heavy atom. The maximum absolute atomic E-state index is 12.9. The minimum atomic E-state index is -0.223. The molecule has 5 rings (SSSR count). The van der Waals surface area contributed by atoms with Crippen molar-refractivity contribution in [2.75, 3.05) is 25.5 Å². The van der Waals surface area contributed by atoms with Crippen molar-refractivity contribution in [2.24, 2.45) is 0 Å². The lowest BCUT2D eigenvalue weighted by atomic mass is 10.0. The van der Waals surface area contributed by atoms with Gasteiger partial charge in [0.15, 0.2) is 0 Å². The number of aromatic nitrogens is 4. The van der Waals surface area contributed by atoms with E-state index in [-0.39, 0.29) is 5.91 Å². The van der Waals surface area contributed by atoms with Crippen molar-refractivity contribution in [3.05, 3.63) is 65.4 Å². The molecule has 1 aliphatic heterocycles. The minimum Gasteiger partial charge on any atom is -0.339 e. The van der Waals surface area contributed by atoms with Gasteiger partial charge in [0.25, 0.3) is 5.91 Å². The smallest absolute Gasteiger partial charge is 0.274 e. The number of imidazole rings is 1. The average molecular weight is 402 g/mol. The van der Waals surface area contributed by atoms with E-state index in [1.165, 1.54) is 0 Å². The van der Waals surface area contributed by atoms with Gasteiger partial charge in [-0.15, -0.1) is 0 Å². The number of likely N-dealkylation sites (N-methyl/N-ethyl adjacent to an activating group) is 1. The molecule has 8 heteroatoms. The molecule has 0 bridgehead atoms. The van der Waals surface area contributed by atoms with Crippen molar-refractivity contribution in [3.63, 3.8) is 0 Å². The summed E-state index contributed by atoms with van der Waals surface area (Å²) in [5, 5.41) is 7.13. The number of nitrogens with one attached hydrogen (secondary N) is 1. The summed E-state index contributed by atoms with van der Waals surface area (Å²) in [6.07, 6.45) is 3.49. The molecule has 1 aromatic carbocycles. The molecule has 1 N–H and O–H groups in total. The summed E-state index contributed by atoms with van der Waals surface area (Å²) in [6.45, 7) is 5.78. The second-order valence-electron chi connectivity index (χ2n) is 7.94. The van der Waals surface area contributed by atoms with Gasteiger partial charge in [-0.05, 0) is 44.2 Å². The fourth-order valence-electron chi connectivity index (χ4n) is 3.71. The zero-order chi connectivity index (χ0) is 20.8. The van der Waals surface area contributed by atoms with Crippen LogP contribution in [-0.2, 0) is 0 Å². The molecule has 1 fully saturated rings. The van der Waals surface area contributed by atoms with Crippen LogP contribution in [0.4, 0.5) is 5.69 Å². The largest absolute Gasteiger partial charge is 0.339 e. The molecule has 152 valence electrons. The van der Waals surface area contributed by atoms with Crippen molar-refractivity contribution in [3.8, 4) is 11.4 Å². The van der Waals surface area contributed by atoms with Gasteiger partial charge in [0.1, 0.15) is 11.3 Å². The Morgan fingerprint density at radius 3 is 2.83 bits per heavy atom. The van der Waals surface area contributed by atoms with Crippen molar-refractivity contribution in [1.29, 1.82) is 0 Å². The summed E-state index contributed by atoms with van der Waals surface area (Å²) in [5.74, 6) is 1.26. The number of aryl methyl sites for hydroxylation is 2. The van der Waals surface area contributed by atoms with Crippen LogP contribution in [0.5, 0.6) is 0 Å². The average Bonchev–Trinajstić information content (AvgIpc) is 3.34. The van der Waals surface area contributed by atoms with E-state index in [1.54, 1.807) is 10.6 Å². The Bertz CT molecular complexity index is 1250.